The standard InChI is InChI=1S/C18H17NO3/c19-17(20)16-15(12-6-2-1-3-7-12)18(16)21-10-13-8-4-5-9-14(13)11-22-18/h1-9,15-16H,10-11H2,(H2,19,20)/t15-,16+/m1/s1. The lowest BCUT2D eigenvalue weighted by Crippen LogP contribution is -2.26. The number of amides is 1. The van der Waals surface area contributed by atoms with Crippen molar-refractivity contribution in [2.24, 2.45) is 11.7 Å². The van der Waals surface area contributed by atoms with Crippen LogP contribution in [0.1, 0.15) is 22.6 Å². The minimum atomic E-state index is -0.924. The second-order valence-electron chi connectivity index (χ2n) is 5.84. The minimum Gasteiger partial charge on any atom is -0.369 e. The molecule has 1 aliphatic heterocycles. The van der Waals surface area contributed by atoms with Gasteiger partial charge in [-0.2, -0.15) is 0 Å². The van der Waals surface area contributed by atoms with Crippen molar-refractivity contribution in [1.29, 1.82) is 0 Å². The van der Waals surface area contributed by atoms with Crippen LogP contribution in [0.25, 0.3) is 0 Å². The molecule has 112 valence electrons. The predicted octanol–water partition coefficient (Wildman–Crippen LogP) is 2.33. The number of carbonyl (C=O) groups excluding carboxylic acids is 1. The molecular formula is C18H17NO3. The maximum absolute atomic E-state index is 11.9. The Kier molecular flexibility index (Phi) is 3.03. The van der Waals surface area contributed by atoms with Gasteiger partial charge in [-0.25, -0.2) is 0 Å². The van der Waals surface area contributed by atoms with Gasteiger partial charge in [0.05, 0.1) is 19.1 Å². The van der Waals surface area contributed by atoms with E-state index in [9.17, 15) is 4.79 Å². The fourth-order valence-electron chi connectivity index (χ4n) is 3.41. The Balaban J connectivity index is 1.68. The summed E-state index contributed by atoms with van der Waals surface area (Å²) in [5.74, 6) is -1.88. The van der Waals surface area contributed by atoms with E-state index >= 15 is 0 Å². The molecule has 2 aliphatic rings. The lowest BCUT2D eigenvalue weighted by Gasteiger charge is -2.16. The molecule has 1 aliphatic carbocycles. The number of rotatable bonds is 2. The highest BCUT2D eigenvalue weighted by Crippen LogP contribution is 2.61. The molecule has 0 aromatic heterocycles. The highest BCUT2D eigenvalue weighted by atomic mass is 16.7. The molecular weight excluding hydrogens is 278 g/mol. The molecule has 1 heterocycles. The Bertz CT molecular complexity index is 686. The first-order valence-electron chi connectivity index (χ1n) is 7.41. The first-order valence-corrected chi connectivity index (χ1v) is 7.41. The SMILES string of the molecule is NC(=O)[C@@H]1[C@@H](c2ccccc2)C12OCc1ccccc1CO2. The number of hydrogen-bond donors (Lipinski definition) is 1. The zero-order valence-corrected chi connectivity index (χ0v) is 12.1. The van der Waals surface area contributed by atoms with Crippen LogP contribution >= 0.6 is 0 Å². The first-order chi connectivity index (χ1) is 10.7. The molecule has 0 radical (unpaired) electrons. The van der Waals surface area contributed by atoms with Crippen LogP contribution in [-0.4, -0.2) is 11.7 Å². The van der Waals surface area contributed by atoms with Crippen molar-refractivity contribution < 1.29 is 14.3 Å². The molecule has 4 rings (SSSR count). The van der Waals surface area contributed by atoms with Crippen molar-refractivity contribution >= 4 is 5.91 Å². The monoisotopic (exact) mass is 295 g/mol. The summed E-state index contributed by atoms with van der Waals surface area (Å²) in [5.41, 5.74) is 8.81. The van der Waals surface area contributed by atoms with Crippen LogP contribution in [0.5, 0.6) is 0 Å². The van der Waals surface area contributed by atoms with Crippen LogP contribution in [0.15, 0.2) is 54.6 Å². The van der Waals surface area contributed by atoms with Crippen molar-refractivity contribution in [1.82, 2.24) is 0 Å². The summed E-state index contributed by atoms with van der Waals surface area (Å²) in [6, 6.07) is 17.8. The van der Waals surface area contributed by atoms with E-state index in [0.717, 1.165) is 16.7 Å². The molecule has 0 bridgehead atoms. The number of fused-ring (bicyclic) bond motifs is 1. The zero-order valence-electron chi connectivity index (χ0n) is 12.1. The molecule has 2 atom stereocenters. The molecule has 2 aromatic rings. The summed E-state index contributed by atoms with van der Waals surface area (Å²) in [7, 11) is 0. The molecule has 2 N–H and O–H groups in total. The average molecular weight is 295 g/mol. The Morgan fingerprint density at radius 3 is 2.05 bits per heavy atom. The molecule has 4 nitrogen and oxygen atoms in total. The highest BCUT2D eigenvalue weighted by molar-refractivity contribution is 5.83. The van der Waals surface area contributed by atoms with E-state index in [2.05, 4.69) is 0 Å². The normalized spacial score (nSPS) is 25.3. The third-order valence-electron chi connectivity index (χ3n) is 4.58. The molecule has 1 spiro atoms. The van der Waals surface area contributed by atoms with Crippen LogP contribution < -0.4 is 5.73 Å². The van der Waals surface area contributed by atoms with Crippen molar-refractivity contribution in [2.45, 2.75) is 24.9 Å². The molecule has 0 unspecified atom stereocenters. The molecule has 4 heteroatoms. The molecule has 2 aromatic carbocycles. The predicted molar refractivity (Wildman–Crippen MR) is 80.6 cm³/mol. The van der Waals surface area contributed by atoms with Crippen molar-refractivity contribution in [2.75, 3.05) is 0 Å². The van der Waals surface area contributed by atoms with Crippen LogP contribution in [0.3, 0.4) is 0 Å². The van der Waals surface area contributed by atoms with E-state index in [1.54, 1.807) is 0 Å². The summed E-state index contributed by atoms with van der Waals surface area (Å²) in [5, 5.41) is 0. The molecule has 1 amide bonds. The summed E-state index contributed by atoms with van der Waals surface area (Å²) >= 11 is 0. The second-order valence-corrected chi connectivity index (χ2v) is 5.84. The number of benzene rings is 2. The zero-order chi connectivity index (χ0) is 15.2. The van der Waals surface area contributed by atoms with E-state index < -0.39 is 11.7 Å². The van der Waals surface area contributed by atoms with Gasteiger partial charge >= 0.3 is 0 Å². The Morgan fingerprint density at radius 2 is 1.50 bits per heavy atom. The maximum atomic E-state index is 11.9. The van der Waals surface area contributed by atoms with Gasteiger partial charge in [0.15, 0.2) is 5.79 Å². The van der Waals surface area contributed by atoms with Gasteiger partial charge in [-0.05, 0) is 16.7 Å². The largest absolute Gasteiger partial charge is 0.369 e. The Hall–Kier alpha value is -2.17. The van der Waals surface area contributed by atoms with Gasteiger partial charge in [-0.3, -0.25) is 4.79 Å². The number of carbonyl (C=O) groups is 1. The minimum absolute atomic E-state index is 0.138. The van der Waals surface area contributed by atoms with Gasteiger partial charge in [0.1, 0.15) is 5.92 Å². The second kappa shape index (κ2) is 4.93. The third-order valence-corrected chi connectivity index (χ3v) is 4.58. The first kappa shape index (κ1) is 13.5. The third kappa shape index (κ3) is 1.95. The molecule has 22 heavy (non-hydrogen) atoms. The van der Waals surface area contributed by atoms with E-state index in [0.29, 0.717) is 13.2 Å². The van der Waals surface area contributed by atoms with Crippen LogP contribution in [0, 0.1) is 5.92 Å². The van der Waals surface area contributed by atoms with E-state index in [-0.39, 0.29) is 11.8 Å². The number of nitrogens with two attached hydrogens (primary N) is 1. The van der Waals surface area contributed by atoms with Gasteiger partial charge < -0.3 is 15.2 Å². The molecule has 1 saturated carbocycles. The molecule has 1 fully saturated rings. The fraction of sp³-hybridized carbons (Fsp3) is 0.278. The number of ether oxygens (including phenoxy) is 2. The lowest BCUT2D eigenvalue weighted by molar-refractivity contribution is -0.188. The van der Waals surface area contributed by atoms with Crippen LogP contribution in [0.2, 0.25) is 0 Å². The van der Waals surface area contributed by atoms with Crippen LogP contribution in [0.4, 0.5) is 0 Å². The topological polar surface area (TPSA) is 61.6 Å². The highest BCUT2D eigenvalue weighted by Gasteiger charge is 2.72. The molecule has 0 saturated heterocycles. The summed E-state index contributed by atoms with van der Waals surface area (Å²) in [6.07, 6.45) is 0. The average Bonchev–Trinajstić information content (AvgIpc) is 3.26. The van der Waals surface area contributed by atoms with E-state index in [1.807, 2.05) is 54.6 Å². The Morgan fingerprint density at radius 1 is 0.955 bits per heavy atom. The van der Waals surface area contributed by atoms with Gasteiger partial charge in [-0.15, -0.1) is 0 Å². The van der Waals surface area contributed by atoms with E-state index in [4.69, 9.17) is 15.2 Å². The number of hydrogen-bond acceptors (Lipinski definition) is 3. The lowest BCUT2D eigenvalue weighted by atomic mass is 10.1. The van der Waals surface area contributed by atoms with Crippen molar-refractivity contribution in [3.05, 3.63) is 71.3 Å². The summed E-state index contributed by atoms with van der Waals surface area (Å²) in [4.78, 5) is 11.9. The van der Waals surface area contributed by atoms with Gasteiger partial charge in [0.25, 0.3) is 0 Å². The maximum Gasteiger partial charge on any atom is 0.226 e. The van der Waals surface area contributed by atoms with Crippen molar-refractivity contribution in [3.63, 3.8) is 0 Å². The summed E-state index contributed by atoms with van der Waals surface area (Å²) < 4.78 is 12.1. The Labute approximate surface area is 128 Å². The van der Waals surface area contributed by atoms with Gasteiger partial charge in [-0.1, -0.05) is 54.6 Å². The summed E-state index contributed by atoms with van der Waals surface area (Å²) in [6.45, 7) is 0.868. The fourth-order valence-corrected chi connectivity index (χ4v) is 3.41. The van der Waals surface area contributed by atoms with E-state index in [1.165, 1.54) is 0 Å². The number of primary amides is 1. The van der Waals surface area contributed by atoms with Gasteiger partial charge in [0, 0.05) is 0 Å². The van der Waals surface area contributed by atoms with Crippen LogP contribution in [-0.2, 0) is 27.5 Å². The smallest absolute Gasteiger partial charge is 0.226 e. The van der Waals surface area contributed by atoms with Crippen molar-refractivity contribution in [3.8, 4) is 0 Å². The quantitative estimate of drug-likeness (QED) is 0.925. The van der Waals surface area contributed by atoms with Gasteiger partial charge in [0.2, 0.25) is 5.91 Å².